The summed E-state index contributed by atoms with van der Waals surface area (Å²) in [5.41, 5.74) is 3.44. The molecule has 0 aliphatic heterocycles. The number of hydrogen-bond acceptors (Lipinski definition) is 6. The predicted molar refractivity (Wildman–Crippen MR) is 119 cm³/mol. The molecule has 0 fully saturated rings. The Morgan fingerprint density at radius 2 is 1.94 bits per heavy atom. The number of aromatic nitrogens is 6. The van der Waals surface area contributed by atoms with Gasteiger partial charge >= 0.3 is 0 Å². The molecule has 8 heteroatoms. The molecule has 0 spiro atoms. The van der Waals surface area contributed by atoms with Crippen molar-refractivity contribution in [2.45, 2.75) is 52.9 Å². The van der Waals surface area contributed by atoms with Gasteiger partial charge in [-0.15, -0.1) is 5.10 Å². The van der Waals surface area contributed by atoms with Gasteiger partial charge in [0.1, 0.15) is 0 Å². The number of rotatable bonds is 6. The summed E-state index contributed by atoms with van der Waals surface area (Å²) in [5, 5.41) is 13.3. The zero-order valence-electron chi connectivity index (χ0n) is 18.3. The Balaban J connectivity index is 1.68. The van der Waals surface area contributed by atoms with E-state index in [4.69, 9.17) is 0 Å². The first-order valence-electron chi connectivity index (χ1n) is 10.3. The van der Waals surface area contributed by atoms with E-state index in [1.807, 2.05) is 48.1 Å². The number of tetrazole rings is 1. The second kappa shape index (κ2) is 8.39. The van der Waals surface area contributed by atoms with Gasteiger partial charge in [-0.25, -0.2) is 4.68 Å². The quantitative estimate of drug-likeness (QED) is 0.518. The minimum Gasteiger partial charge on any atom is -0.322 e. The third-order valence-electron chi connectivity index (χ3n) is 5.13. The van der Waals surface area contributed by atoms with Crippen LogP contribution in [0.15, 0.2) is 53.6 Å². The van der Waals surface area contributed by atoms with Gasteiger partial charge < -0.3 is 4.98 Å². The van der Waals surface area contributed by atoms with E-state index in [9.17, 15) is 4.79 Å². The number of aromatic amines is 1. The maximum absolute atomic E-state index is 12.8. The van der Waals surface area contributed by atoms with Crippen LogP contribution in [0.3, 0.4) is 0 Å². The van der Waals surface area contributed by atoms with Crippen LogP contribution in [0.25, 0.3) is 10.9 Å². The zero-order chi connectivity index (χ0) is 22.0. The summed E-state index contributed by atoms with van der Waals surface area (Å²) >= 11 is 0. The van der Waals surface area contributed by atoms with Crippen LogP contribution in [0.2, 0.25) is 0 Å². The van der Waals surface area contributed by atoms with Crippen LogP contribution in [0.4, 0.5) is 0 Å². The van der Waals surface area contributed by atoms with Crippen LogP contribution in [-0.4, -0.2) is 35.1 Å². The molecule has 4 rings (SSSR count). The Hall–Kier alpha value is -3.39. The maximum Gasteiger partial charge on any atom is 0.252 e. The lowest BCUT2D eigenvalue weighted by molar-refractivity contribution is 0.223. The molecule has 0 radical (unpaired) electrons. The van der Waals surface area contributed by atoms with Gasteiger partial charge in [-0.3, -0.25) is 14.7 Å². The van der Waals surface area contributed by atoms with Crippen LogP contribution in [0, 0.1) is 6.92 Å². The number of nitrogens with one attached hydrogen (secondary N) is 1. The summed E-state index contributed by atoms with van der Waals surface area (Å²) in [5.74, 6) is 0.754. The SMILES string of the molecule is Cc1ccc2[nH]c(=O)c(CN(Cc3cccnc3)Cc3nnnn3C(C)(C)C)cc2c1. The normalized spacial score (nSPS) is 12.0. The van der Waals surface area contributed by atoms with Crippen molar-refractivity contribution in [3.63, 3.8) is 0 Å². The monoisotopic (exact) mass is 417 g/mol. The molecule has 1 N–H and O–H groups in total. The van der Waals surface area contributed by atoms with E-state index in [0.29, 0.717) is 25.2 Å². The van der Waals surface area contributed by atoms with Gasteiger partial charge in [-0.05, 0) is 73.3 Å². The first-order valence-corrected chi connectivity index (χ1v) is 10.3. The average Bonchev–Trinajstić information content (AvgIpc) is 3.18. The minimum atomic E-state index is -0.239. The molecule has 0 bridgehead atoms. The van der Waals surface area contributed by atoms with Crippen molar-refractivity contribution < 1.29 is 0 Å². The molecule has 4 aromatic rings. The Kier molecular flexibility index (Phi) is 5.65. The fourth-order valence-corrected chi connectivity index (χ4v) is 3.67. The Bertz CT molecular complexity index is 1240. The fraction of sp³-hybridized carbons (Fsp3) is 0.348. The van der Waals surface area contributed by atoms with Crippen molar-refractivity contribution in [3.05, 3.63) is 81.7 Å². The maximum atomic E-state index is 12.8. The lowest BCUT2D eigenvalue weighted by atomic mass is 10.1. The van der Waals surface area contributed by atoms with Crippen molar-refractivity contribution in [1.82, 2.24) is 35.1 Å². The highest BCUT2D eigenvalue weighted by atomic mass is 16.1. The van der Waals surface area contributed by atoms with Crippen molar-refractivity contribution in [1.29, 1.82) is 0 Å². The Morgan fingerprint density at radius 3 is 2.68 bits per heavy atom. The van der Waals surface area contributed by atoms with Gasteiger partial charge in [0.05, 0.1) is 12.1 Å². The largest absolute Gasteiger partial charge is 0.322 e. The number of benzene rings is 1. The predicted octanol–water partition coefficient (Wildman–Crippen LogP) is 3.18. The second-order valence-electron chi connectivity index (χ2n) is 8.90. The van der Waals surface area contributed by atoms with Crippen LogP contribution in [0.5, 0.6) is 0 Å². The van der Waals surface area contributed by atoms with Crippen molar-refractivity contribution in [3.8, 4) is 0 Å². The van der Waals surface area contributed by atoms with Gasteiger partial charge in [0.15, 0.2) is 5.82 Å². The standard InChI is InChI=1S/C23H27N7O/c1-16-7-8-20-18(10-16)11-19(22(31)25-20)14-29(13-17-6-5-9-24-12-17)15-21-26-27-28-30(21)23(2,3)4/h5-12H,13-15H2,1-4H3,(H,25,31). The number of aryl methyl sites for hydroxylation is 1. The Labute approximate surface area is 180 Å². The highest BCUT2D eigenvalue weighted by Gasteiger charge is 2.22. The van der Waals surface area contributed by atoms with Gasteiger partial charge in [0, 0.05) is 36.6 Å². The molecule has 3 aromatic heterocycles. The van der Waals surface area contributed by atoms with Crippen LogP contribution >= 0.6 is 0 Å². The van der Waals surface area contributed by atoms with E-state index in [1.54, 1.807) is 6.20 Å². The summed E-state index contributed by atoms with van der Waals surface area (Å²) < 4.78 is 1.83. The number of hydrogen-bond donors (Lipinski definition) is 1. The van der Waals surface area contributed by atoms with E-state index >= 15 is 0 Å². The van der Waals surface area contributed by atoms with E-state index in [0.717, 1.165) is 27.9 Å². The second-order valence-corrected chi connectivity index (χ2v) is 8.90. The zero-order valence-corrected chi connectivity index (χ0v) is 18.3. The molecular weight excluding hydrogens is 390 g/mol. The molecular formula is C23H27N7O. The van der Waals surface area contributed by atoms with Crippen molar-refractivity contribution in [2.24, 2.45) is 0 Å². The number of pyridine rings is 2. The molecule has 3 heterocycles. The molecule has 0 unspecified atom stereocenters. The molecule has 160 valence electrons. The van der Waals surface area contributed by atoms with E-state index in [2.05, 4.69) is 57.2 Å². The molecule has 0 atom stereocenters. The van der Waals surface area contributed by atoms with E-state index < -0.39 is 0 Å². The van der Waals surface area contributed by atoms with Gasteiger partial charge in [-0.1, -0.05) is 17.7 Å². The first kappa shape index (κ1) is 20.9. The summed E-state index contributed by atoms with van der Waals surface area (Å²) in [6.45, 7) is 9.83. The topological polar surface area (TPSA) is 92.6 Å². The molecule has 0 saturated heterocycles. The number of fused-ring (bicyclic) bond motifs is 1. The fourth-order valence-electron chi connectivity index (χ4n) is 3.67. The molecule has 0 aliphatic rings. The highest BCUT2D eigenvalue weighted by Crippen LogP contribution is 2.18. The molecule has 8 nitrogen and oxygen atoms in total. The van der Waals surface area contributed by atoms with Gasteiger partial charge in [0.2, 0.25) is 0 Å². The molecule has 0 amide bonds. The van der Waals surface area contributed by atoms with Crippen LogP contribution < -0.4 is 5.56 Å². The average molecular weight is 418 g/mol. The minimum absolute atomic E-state index is 0.0806. The number of nitrogens with zero attached hydrogens (tertiary/aromatic N) is 6. The van der Waals surface area contributed by atoms with Crippen molar-refractivity contribution >= 4 is 10.9 Å². The van der Waals surface area contributed by atoms with E-state index in [-0.39, 0.29) is 11.1 Å². The Morgan fingerprint density at radius 1 is 1.10 bits per heavy atom. The molecule has 0 aliphatic carbocycles. The smallest absolute Gasteiger partial charge is 0.252 e. The summed E-state index contributed by atoms with van der Waals surface area (Å²) in [6, 6.07) is 11.9. The molecule has 0 saturated carbocycles. The summed E-state index contributed by atoms with van der Waals surface area (Å²) in [6.07, 6.45) is 3.60. The molecule has 31 heavy (non-hydrogen) atoms. The third kappa shape index (κ3) is 4.86. The van der Waals surface area contributed by atoms with Crippen LogP contribution in [0.1, 0.15) is 43.3 Å². The highest BCUT2D eigenvalue weighted by molar-refractivity contribution is 5.79. The van der Waals surface area contributed by atoms with Crippen molar-refractivity contribution in [2.75, 3.05) is 0 Å². The first-order chi connectivity index (χ1) is 14.8. The molecule has 1 aromatic carbocycles. The van der Waals surface area contributed by atoms with Crippen LogP contribution in [-0.2, 0) is 25.2 Å². The summed E-state index contributed by atoms with van der Waals surface area (Å²) in [4.78, 5) is 22.2. The lowest BCUT2D eigenvalue weighted by Crippen LogP contribution is -2.31. The third-order valence-corrected chi connectivity index (χ3v) is 5.13. The lowest BCUT2D eigenvalue weighted by Gasteiger charge is -2.25. The van der Waals surface area contributed by atoms with Gasteiger partial charge in [-0.2, -0.15) is 0 Å². The number of H-pyrrole nitrogens is 1. The van der Waals surface area contributed by atoms with Gasteiger partial charge in [0.25, 0.3) is 5.56 Å². The summed E-state index contributed by atoms with van der Waals surface area (Å²) in [7, 11) is 0. The van der Waals surface area contributed by atoms with E-state index in [1.165, 1.54) is 0 Å².